The van der Waals surface area contributed by atoms with E-state index in [9.17, 15) is 19.5 Å². The second-order valence-electron chi connectivity index (χ2n) is 4.62. The van der Waals surface area contributed by atoms with Gasteiger partial charge in [-0.1, -0.05) is 0 Å². The highest BCUT2D eigenvalue weighted by molar-refractivity contribution is 9.10. The Labute approximate surface area is 150 Å². The van der Waals surface area contributed by atoms with E-state index in [0.717, 1.165) is 16.7 Å². The number of methoxy groups -OCH3 is 1. The van der Waals surface area contributed by atoms with Crippen LogP contribution in [0.2, 0.25) is 0 Å². The van der Waals surface area contributed by atoms with Crippen molar-refractivity contribution in [2.24, 2.45) is 0 Å². The van der Waals surface area contributed by atoms with Crippen molar-refractivity contribution in [3.8, 4) is 11.5 Å². The number of carbonyl (C=O) groups is 3. The third-order valence-electron chi connectivity index (χ3n) is 3.07. The van der Waals surface area contributed by atoms with Crippen molar-refractivity contribution in [2.45, 2.75) is 6.92 Å². The zero-order chi connectivity index (χ0) is 17.9. The van der Waals surface area contributed by atoms with Crippen LogP contribution in [0.3, 0.4) is 0 Å². The molecule has 2 rings (SSSR count). The van der Waals surface area contributed by atoms with Crippen LogP contribution in [-0.2, 0) is 9.59 Å². The number of carboxylic acids is 1. The highest BCUT2D eigenvalue weighted by atomic mass is 79.9. The molecule has 0 bridgehead atoms. The lowest BCUT2D eigenvalue weighted by Crippen LogP contribution is -2.29. The highest BCUT2D eigenvalue weighted by Gasteiger charge is 2.33. The minimum absolute atomic E-state index is 0.209. The summed E-state index contributed by atoms with van der Waals surface area (Å²) in [5.74, 6) is -1.21. The predicted molar refractivity (Wildman–Crippen MR) is 89.5 cm³/mol. The Morgan fingerprint density at radius 1 is 1.42 bits per heavy atom. The number of carboxylic acid groups (broad SMARTS) is 1. The number of imide groups is 1. The second kappa shape index (κ2) is 7.71. The van der Waals surface area contributed by atoms with Crippen molar-refractivity contribution < 1.29 is 29.0 Å². The van der Waals surface area contributed by atoms with Gasteiger partial charge >= 0.3 is 0 Å². The number of benzene rings is 1. The van der Waals surface area contributed by atoms with E-state index in [4.69, 9.17) is 9.47 Å². The van der Waals surface area contributed by atoms with Gasteiger partial charge in [-0.3, -0.25) is 14.5 Å². The van der Waals surface area contributed by atoms with Gasteiger partial charge in [-0.15, -0.1) is 0 Å². The van der Waals surface area contributed by atoms with E-state index in [1.54, 1.807) is 25.1 Å². The van der Waals surface area contributed by atoms with Crippen LogP contribution >= 0.6 is 27.7 Å². The van der Waals surface area contributed by atoms with E-state index in [-0.39, 0.29) is 22.6 Å². The van der Waals surface area contributed by atoms with E-state index >= 15 is 0 Å². The quantitative estimate of drug-likeness (QED) is 0.652. The first kappa shape index (κ1) is 18.3. The SMILES string of the molecule is CCN1C(=O)S/C(=C/c2cc(Br)c(OCC(=O)[O-])c(OC)c2)C1=O. The molecule has 128 valence electrons. The van der Waals surface area contributed by atoms with Crippen molar-refractivity contribution in [3.05, 3.63) is 27.1 Å². The number of nitrogens with zero attached hydrogens (tertiary/aromatic N) is 1. The monoisotopic (exact) mass is 414 g/mol. The molecule has 0 saturated carbocycles. The maximum Gasteiger partial charge on any atom is 0.293 e. The van der Waals surface area contributed by atoms with E-state index in [1.807, 2.05) is 0 Å². The molecular formula is C15H13BrNO6S-. The lowest BCUT2D eigenvalue weighted by atomic mass is 10.2. The van der Waals surface area contributed by atoms with Gasteiger partial charge < -0.3 is 19.4 Å². The summed E-state index contributed by atoms with van der Waals surface area (Å²) < 4.78 is 10.8. The van der Waals surface area contributed by atoms with Crippen molar-refractivity contribution >= 4 is 50.9 Å². The highest BCUT2D eigenvalue weighted by Crippen LogP contribution is 2.39. The van der Waals surface area contributed by atoms with Crippen molar-refractivity contribution in [1.29, 1.82) is 0 Å². The molecule has 0 N–H and O–H groups in total. The molecule has 2 amide bonds. The first-order chi connectivity index (χ1) is 11.4. The summed E-state index contributed by atoms with van der Waals surface area (Å²) in [7, 11) is 1.41. The van der Waals surface area contributed by atoms with Crippen LogP contribution in [0.4, 0.5) is 4.79 Å². The maximum atomic E-state index is 12.1. The molecule has 1 heterocycles. The predicted octanol–water partition coefficient (Wildman–Crippen LogP) is 1.64. The fraction of sp³-hybridized carbons (Fsp3) is 0.267. The molecule has 0 aromatic heterocycles. The fourth-order valence-electron chi connectivity index (χ4n) is 2.02. The Morgan fingerprint density at radius 3 is 2.67 bits per heavy atom. The smallest absolute Gasteiger partial charge is 0.293 e. The number of carbonyl (C=O) groups excluding carboxylic acids is 3. The molecule has 9 heteroatoms. The van der Waals surface area contributed by atoms with Crippen LogP contribution in [0, 0.1) is 0 Å². The van der Waals surface area contributed by atoms with Crippen LogP contribution < -0.4 is 14.6 Å². The molecule has 1 aromatic carbocycles. The fourth-order valence-corrected chi connectivity index (χ4v) is 3.50. The number of thioether (sulfide) groups is 1. The molecular weight excluding hydrogens is 402 g/mol. The number of rotatable bonds is 6. The average molecular weight is 415 g/mol. The average Bonchev–Trinajstić information content (AvgIpc) is 2.79. The molecule has 7 nitrogen and oxygen atoms in total. The molecule has 0 aliphatic carbocycles. The van der Waals surface area contributed by atoms with Crippen LogP contribution in [0.25, 0.3) is 6.08 Å². The first-order valence-electron chi connectivity index (χ1n) is 6.83. The Hall–Kier alpha value is -2.00. The van der Waals surface area contributed by atoms with Gasteiger partial charge in [0.25, 0.3) is 11.1 Å². The Morgan fingerprint density at radius 2 is 2.12 bits per heavy atom. The molecule has 0 atom stereocenters. The zero-order valence-electron chi connectivity index (χ0n) is 12.8. The van der Waals surface area contributed by atoms with Gasteiger partial charge in [0.2, 0.25) is 0 Å². The number of hydrogen-bond acceptors (Lipinski definition) is 7. The number of likely N-dealkylation sites (N-methyl/N-ethyl adjacent to an activating group) is 1. The molecule has 0 radical (unpaired) electrons. The standard InChI is InChI=1S/C15H14BrNO6S/c1-3-17-14(20)11(24-15(17)21)6-8-4-9(16)13(10(5-8)22-2)23-7-12(18)19/h4-6H,3,7H2,1-2H3,(H,18,19)/p-1/b11-6+. The molecule has 1 aliphatic rings. The van der Waals surface area contributed by atoms with Gasteiger partial charge in [-0.05, 0) is 58.4 Å². The van der Waals surface area contributed by atoms with E-state index in [2.05, 4.69) is 15.9 Å². The van der Waals surface area contributed by atoms with Gasteiger partial charge in [0.05, 0.1) is 22.5 Å². The van der Waals surface area contributed by atoms with Gasteiger partial charge in [0.15, 0.2) is 11.5 Å². The largest absolute Gasteiger partial charge is 0.546 e. The number of hydrogen-bond donors (Lipinski definition) is 0. The number of aliphatic carboxylic acids is 1. The van der Waals surface area contributed by atoms with Gasteiger partial charge in [0, 0.05) is 6.54 Å². The van der Waals surface area contributed by atoms with Crippen molar-refractivity contribution in [1.82, 2.24) is 4.90 Å². The lowest BCUT2D eigenvalue weighted by Gasteiger charge is -2.14. The van der Waals surface area contributed by atoms with Crippen molar-refractivity contribution in [3.63, 3.8) is 0 Å². The number of amides is 2. The summed E-state index contributed by atoms with van der Waals surface area (Å²) in [6.45, 7) is 1.41. The van der Waals surface area contributed by atoms with Crippen molar-refractivity contribution in [2.75, 3.05) is 20.3 Å². The van der Waals surface area contributed by atoms with Crippen LogP contribution in [0.15, 0.2) is 21.5 Å². The summed E-state index contributed by atoms with van der Waals surface area (Å²) in [6.07, 6.45) is 1.57. The Balaban J connectivity index is 2.34. The first-order valence-corrected chi connectivity index (χ1v) is 8.43. The summed E-state index contributed by atoms with van der Waals surface area (Å²) in [4.78, 5) is 35.8. The number of halogens is 1. The molecule has 24 heavy (non-hydrogen) atoms. The van der Waals surface area contributed by atoms with E-state index in [1.165, 1.54) is 7.11 Å². The minimum Gasteiger partial charge on any atom is -0.546 e. The van der Waals surface area contributed by atoms with E-state index < -0.39 is 12.6 Å². The van der Waals surface area contributed by atoms with Gasteiger partial charge in [-0.25, -0.2) is 0 Å². The molecule has 1 aliphatic heterocycles. The molecule has 0 unspecified atom stereocenters. The molecule has 0 spiro atoms. The summed E-state index contributed by atoms with van der Waals surface area (Å²) in [5, 5.41) is 10.2. The lowest BCUT2D eigenvalue weighted by molar-refractivity contribution is -0.307. The molecule has 1 aromatic rings. The van der Waals surface area contributed by atoms with E-state index in [0.29, 0.717) is 21.5 Å². The van der Waals surface area contributed by atoms with Gasteiger partial charge in [0.1, 0.15) is 6.61 Å². The van der Waals surface area contributed by atoms with Crippen LogP contribution in [0.5, 0.6) is 11.5 Å². The molecule has 1 saturated heterocycles. The topological polar surface area (TPSA) is 96.0 Å². The zero-order valence-corrected chi connectivity index (χ0v) is 15.2. The van der Waals surface area contributed by atoms with Gasteiger partial charge in [-0.2, -0.15) is 0 Å². The Bertz CT molecular complexity index is 733. The minimum atomic E-state index is -1.36. The second-order valence-corrected chi connectivity index (χ2v) is 6.47. The van der Waals surface area contributed by atoms with Crippen LogP contribution in [-0.4, -0.2) is 42.3 Å². The normalized spacial score (nSPS) is 16.0. The summed E-state index contributed by atoms with van der Waals surface area (Å²) in [5.41, 5.74) is 0.598. The maximum absolute atomic E-state index is 12.1. The third kappa shape index (κ3) is 3.90. The Kier molecular flexibility index (Phi) is 5.89. The summed E-state index contributed by atoms with van der Waals surface area (Å²) >= 11 is 4.14. The third-order valence-corrected chi connectivity index (χ3v) is 4.57. The summed E-state index contributed by atoms with van der Waals surface area (Å²) in [6, 6.07) is 3.21. The number of ether oxygens (including phenoxy) is 2. The van der Waals surface area contributed by atoms with Crippen LogP contribution in [0.1, 0.15) is 12.5 Å². The molecule has 1 fully saturated rings.